The first-order valence-electron chi connectivity index (χ1n) is 6.21. The molecule has 0 saturated carbocycles. The van der Waals surface area contributed by atoms with Crippen molar-refractivity contribution in [3.05, 3.63) is 23.9 Å². The average Bonchev–Trinajstić information content (AvgIpc) is 2.47. The highest BCUT2D eigenvalue weighted by Crippen LogP contribution is 2.28. The standard InChI is InChI=1S/C12H18N2O3S2/c1-2-19(16,17)11-9-18-7-6-14(11)12-10(8-15)4-3-5-13-12/h3-5,11,15H,2,6-9H2,1H3. The molecule has 19 heavy (non-hydrogen) atoms. The molecular weight excluding hydrogens is 284 g/mol. The van der Waals surface area contributed by atoms with Crippen molar-refractivity contribution in [2.45, 2.75) is 18.9 Å². The Labute approximate surface area is 118 Å². The fourth-order valence-electron chi connectivity index (χ4n) is 2.13. The molecule has 1 N–H and O–H groups in total. The molecule has 5 nitrogen and oxygen atoms in total. The Morgan fingerprint density at radius 1 is 1.58 bits per heavy atom. The van der Waals surface area contributed by atoms with Crippen molar-refractivity contribution in [3.63, 3.8) is 0 Å². The zero-order chi connectivity index (χ0) is 13.9. The van der Waals surface area contributed by atoms with Gasteiger partial charge >= 0.3 is 0 Å². The van der Waals surface area contributed by atoms with Crippen LogP contribution in [-0.2, 0) is 16.4 Å². The normalized spacial score (nSPS) is 20.5. The van der Waals surface area contributed by atoms with E-state index < -0.39 is 15.2 Å². The number of aliphatic hydroxyl groups is 1. The first-order chi connectivity index (χ1) is 9.10. The molecule has 1 unspecified atom stereocenters. The van der Waals surface area contributed by atoms with Gasteiger partial charge in [0.05, 0.1) is 6.61 Å². The van der Waals surface area contributed by atoms with Crippen LogP contribution >= 0.6 is 11.8 Å². The molecule has 1 aromatic rings. The Bertz CT molecular complexity index is 534. The van der Waals surface area contributed by atoms with Gasteiger partial charge < -0.3 is 10.0 Å². The summed E-state index contributed by atoms with van der Waals surface area (Å²) in [5.74, 6) is 2.14. The number of sulfone groups is 1. The van der Waals surface area contributed by atoms with E-state index in [9.17, 15) is 13.5 Å². The fourth-order valence-corrected chi connectivity index (χ4v) is 5.10. The van der Waals surface area contributed by atoms with Crippen LogP contribution in [0.2, 0.25) is 0 Å². The topological polar surface area (TPSA) is 70.5 Å². The maximum atomic E-state index is 12.2. The van der Waals surface area contributed by atoms with Crippen molar-refractivity contribution in [1.82, 2.24) is 4.98 Å². The van der Waals surface area contributed by atoms with Gasteiger partial charge in [-0.15, -0.1) is 0 Å². The summed E-state index contributed by atoms with van der Waals surface area (Å²) in [6, 6.07) is 3.52. The largest absolute Gasteiger partial charge is 0.392 e. The summed E-state index contributed by atoms with van der Waals surface area (Å²) in [7, 11) is -3.16. The van der Waals surface area contributed by atoms with Crippen molar-refractivity contribution in [2.75, 3.05) is 28.7 Å². The lowest BCUT2D eigenvalue weighted by molar-refractivity contribution is 0.281. The molecule has 0 aromatic carbocycles. The number of anilines is 1. The zero-order valence-electron chi connectivity index (χ0n) is 10.8. The molecule has 1 atom stereocenters. The van der Waals surface area contributed by atoms with Crippen LogP contribution in [0.25, 0.3) is 0 Å². The molecule has 1 aliphatic heterocycles. The van der Waals surface area contributed by atoms with Crippen molar-refractivity contribution >= 4 is 27.4 Å². The number of pyridine rings is 1. The number of thioether (sulfide) groups is 1. The molecule has 0 spiro atoms. The summed E-state index contributed by atoms with van der Waals surface area (Å²) in [6.45, 7) is 2.17. The highest BCUT2D eigenvalue weighted by molar-refractivity contribution is 8.01. The second-order valence-electron chi connectivity index (χ2n) is 4.32. The zero-order valence-corrected chi connectivity index (χ0v) is 12.5. The first kappa shape index (κ1) is 14.6. The van der Waals surface area contributed by atoms with Gasteiger partial charge in [0.2, 0.25) is 0 Å². The lowest BCUT2D eigenvalue weighted by atomic mass is 10.2. The molecule has 1 aliphatic rings. The Kier molecular flexibility index (Phi) is 4.70. The van der Waals surface area contributed by atoms with Crippen LogP contribution in [0.3, 0.4) is 0 Å². The Morgan fingerprint density at radius 2 is 2.37 bits per heavy atom. The number of aromatic nitrogens is 1. The van der Waals surface area contributed by atoms with Gasteiger partial charge in [-0.05, 0) is 6.07 Å². The van der Waals surface area contributed by atoms with Crippen LogP contribution in [0, 0.1) is 0 Å². The average molecular weight is 302 g/mol. The molecule has 0 amide bonds. The predicted molar refractivity (Wildman–Crippen MR) is 78.1 cm³/mol. The lowest BCUT2D eigenvalue weighted by Gasteiger charge is -2.36. The van der Waals surface area contributed by atoms with Gasteiger partial charge in [-0.3, -0.25) is 0 Å². The second-order valence-corrected chi connectivity index (χ2v) is 7.92. The van der Waals surface area contributed by atoms with E-state index in [4.69, 9.17) is 0 Å². The lowest BCUT2D eigenvalue weighted by Crippen LogP contribution is -2.48. The molecular formula is C12H18N2O3S2. The van der Waals surface area contributed by atoms with Gasteiger partial charge in [-0.25, -0.2) is 13.4 Å². The second kappa shape index (κ2) is 6.11. The number of hydrogen-bond acceptors (Lipinski definition) is 6. The molecule has 106 valence electrons. The van der Waals surface area contributed by atoms with E-state index in [-0.39, 0.29) is 12.4 Å². The van der Waals surface area contributed by atoms with Gasteiger partial charge in [0, 0.05) is 35.6 Å². The first-order valence-corrected chi connectivity index (χ1v) is 9.08. The van der Waals surface area contributed by atoms with Crippen molar-refractivity contribution in [3.8, 4) is 0 Å². The van der Waals surface area contributed by atoms with Crippen molar-refractivity contribution in [2.24, 2.45) is 0 Å². The van der Waals surface area contributed by atoms with Crippen LogP contribution in [-0.4, -0.2) is 47.7 Å². The third-order valence-electron chi connectivity index (χ3n) is 3.21. The molecule has 1 aromatic heterocycles. The van der Waals surface area contributed by atoms with Crippen LogP contribution in [0.4, 0.5) is 5.82 Å². The highest BCUT2D eigenvalue weighted by atomic mass is 32.2. The summed E-state index contributed by atoms with van der Waals surface area (Å²) in [5, 5.41) is 8.83. The van der Waals surface area contributed by atoms with Crippen LogP contribution in [0.15, 0.2) is 18.3 Å². The van der Waals surface area contributed by atoms with Crippen LogP contribution < -0.4 is 4.90 Å². The molecule has 1 saturated heterocycles. The van der Waals surface area contributed by atoms with E-state index in [1.54, 1.807) is 37.0 Å². The van der Waals surface area contributed by atoms with Crippen LogP contribution in [0.5, 0.6) is 0 Å². The summed E-state index contributed by atoms with van der Waals surface area (Å²) in [4.78, 5) is 6.08. The predicted octanol–water partition coefficient (Wildman–Crippen LogP) is 0.888. The van der Waals surface area contributed by atoms with Crippen LogP contribution in [0.1, 0.15) is 12.5 Å². The maximum Gasteiger partial charge on any atom is 0.171 e. The van der Waals surface area contributed by atoms with Gasteiger partial charge in [0.15, 0.2) is 9.84 Å². The summed E-state index contributed by atoms with van der Waals surface area (Å²) >= 11 is 1.65. The summed E-state index contributed by atoms with van der Waals surface area (Å²) in [5.41, 5.74) is 0.672. The van der Waals surface area contributed by atoms with Crippen molar-refractivity contribution in [1.29, 1.82) is 0 Å². The van der Waals surface area contributed by atoms with E-state index in [2.05, 4.69) is 4.98 Å². The minimum absolute atomic E-state index is 0.121. The summed E-state index contributed by atoms with van der Waals surface area (Å²) < 4.78 is 24.4. The van der Waals surface area contributed by atoms with E-state index in [1.165, 1.54) is 0 Å². The SMILES string of the molecule is CCS(=O)(=O)C1CSCCN1c1ncccc1CO. The minimum Gasteiger partial charge on any atom is -0.392 e. The van der Waals surface area contributed by atoms with Gasteiger partial charge in [0.25, 0.3) is 0 Å². The maximum absolute atomic E-state index is 12.2. The molecule has 7 heteroatoms. The third-order valence-corrected chi connectivity index (χ3v) is 6.50. The Balaban J connectivity index is 2.40. The van der Waals surface area contributed by atoms with E-state index in [0.29, 0.717) is 23.7 Å². The van der Waals surface area contributed by atoms with Gasteiger partial charge in [-0.1, -0.05) is 13.0 Å². The summed E-state index contributed by atoms with van der Waals surface area (Å²) in [6.07, 6.45) is 1.63. The number of hydrogen-bond donors (Lipinski definition) is 1. The molecule has 2 rings (SSSR count). The highest BCUT2D eigenvalue weighted by Gasteiger charge is 2.34. The van der Waals surface area contributed by atoms with Crippen molar-refractivity contribution < 1.29 is 13.5 Å². The number of rotatable bonds is 4. The Morgan fingerprint density at radius 3 is 3.05 bits per heavy atom. The number of aliphatic hydroxyl groups excluding tert-OH is 1. The van der Waals surface area contributed by atoms with E-state index >= 15 is 0 Å². The van der Waals surface area contributed by atoms with E-state index in [0.717, 1.165) is 5.75 Å². The van der Waals surface area contributed by atoms with E-state index in [1.807, 2.05) is 4.90 Å². The van der Waals surface area contributed by atoms with Gasteiger partial charge in [0.1, 0.15) is 11.2 Å². The monoisotopic (exact) mass is 302 g/mol. The minimum atomic E-state index is -3.16. The van der Waals surface area contributed by atoms with Gasteiger partial charge in [-0.2, -0.15) is 11.8 Å². The Hall–Kier alpha value is -0.790. The quantitative estimate of drug-likeness (QED) is 0.890. The molecule has 0 bridgehead atoms. The molecule has 0 radical (unpaired) electrons. The third kappa shape index (κ3) is 3.04. The molecule has 2 heterocycles. The molecule has 1 fully saturated rings. The fraction of sp³-hybridized carbons (Fsp3) is 0.583. The molecule has 0 aliphatic carbocycles. The number of nitrogens with zero attached hydrogens (tertiary/aromatic N) is 2. The smallest absolute Gasteiger partial charge is 0.171 e.